The molecule has 0 bridgehead atoms. The van der Waals surface area contributed by atoms with Gasteiger partial charge in [-0.05, 0) is 19.8 Å². The van der Waals surface area contributed by atoms with Crippen LogP contribution in [-0.4, -0.2) is 23.5 Å². The first kappa shape index (κ1) is 13.6. The van der Waals surface area contributed by atoms with Crippen LogP contribution >= 0.6 is 0 Å². The zero-order valence-electron chi connectivity index (χ0n) is 10.2. The maximum Gasteiger partial charge on any atom is 0.307 e. The number of carbonyl (C=O) groups excluding carboxylic acids is 1. The minimum absolute atomic E-state index is 0.130. The minimum Gasteiger partial charge on any atom is -0.481 e. The first-order valence-electron chi connectivity index (χ1n) is 6.07. The molecule has 0 spiro atoms. The molecule has 0 saturated heterocycles. The van der Waals surface area contributed by atoms with Crippen LogP contribution in [0.1, 0.15) is 39.0 Å². The van der Waals surface area contributed by atoms with E-state index in [1.807, 2.05) is 0 Å². The van der Waals surface area contributed by atoms with Crippen molar-refractivity contribution >= 4 is 11.9 Å². The van der Waals surface area contributed by atoms with Crippen molar-refractivity contribution in [1.29, 1.82) is 0 Å². The van der Waals surface area contributed by atoms with Crippen molar-refractivity contribution in [1.82, 2.24) is 5.32 Å². The molecule has 2 atom stereocenters. The number of aliphatic carboxylic acids is 1. The van der Waals surface area contributed by atoms with E-state index in [1.54, 1.807) is 6.92 Å². The third kappa shape index (κ3) is 4.10. The van der Waals surface area contributed by atoms with E-state index in [0.29, 0.717) is 25.8 Å². The van der Waals surface area contributed by atoms with Crippen LogP contribution in [0.15, 0.2) is 0 Å². The zero-order chi connectivity index (χ0) is 12.7. The van der Waals surface area contributed by atoms with Gasteiger partial charge in [0.2, 0.25) is 5.91 Å². The zero-order valence-corrected chi connectivity index (χ0v) is 10.2. The number of carbonyl (C=O) groups is 2. The van der Waals surface area contributed by atoms with Crippen LogP contribution < -0.4 is 5.32 Å². The van der Waals surface area contributed by atoms with E-state index in [-0.39, 0.29) is 11.8 Å². The summed E-state index contributed by atoms with van der Waals surface area (Å²) in [6.45, 7) is 2.26. The Morgan fingerprint density at radius 3 is 2.53 bits per heavy atom. The smallest absolute Gasteiger partial charge is 0.307 e. The molecular formula is C13H19NO3. The Hall–Kier alpha value is -1.50. The molecule has 0 radical (unpaired) electrons. The van der Waals surface area contributed by atoms with Crippen LogP contribution in [0.5, 0.6) is 0 Å². The first-order chi connectivity index (χ1) is 8.16. The van der Waals surface area contributed by atoms with Gasteiger partial charge in [0, 0.05) is 13.0 Å². The molecule has 1 aliphatic rings. The van der Waals surface area contributed by atoms with E-state index < -0.39 is 11.9 Å². The van der Waals surface area contributed by atoms with Crippen LogP contribution in [0.4, 0.5) is 0 Å². The molecule has 1 rings (SSSR count). The fraction of sp³-hybridized carbons (Fsp3) is 0.692. The second-order valence-corrected chi connectivity index (χ2v) is 4.30. The molecule has 0 heterocycles. The highest BCUT2D eigenvalue weighted by atomic mass is 16.4. The third-order valence-corrected chi connectivity index (χ3v) is 3.15. The number of hydrogen-bond donors (Lipinski definition) is 2. The number of amides is 1. The lowest BCUT2D eigenvalue weighted by Gasteiger charge is -2.27. The van der Waals surface area contributed by atoms with Crippen molar-refractivity contribution < 1.29 is 14.7 Å². The SMILES string of the molecule is CC#CCCNC(=O)C1CCCCC1C(=O)O. The highest BCUT2D eigenvalue weighted by molar-refractivity contribution is 5.84. The number of rotatable bonds is 4. The summed E-state index contributed by atoms with van der Waals surface area (Å²) in [5.74, 6) is 3.76. The van der Waals surface area contributed by atoms with Gasteiger partial charge in [0.05, 0.1) is 11.8 Å². The Balaban J connectivity index is 2.46. The van der Waals surface area contributed by atoms with E-state index in [4.69, 9.17) is 5.11 Å². The molecule has 94 valence electrons. The van der Waals surface area contributed by atoms with E-state index >= 15 is 0 Å². The minimum atomic E-state index is -0.849. The average molecular weight is 237 g/mol. The summed E-state index contributed by atoms with van der Waals surface area (Å²) in [6.07, 6.45) is 3.76. The predicted octanol–water partition coefficient (Wildman–Crippen LogP) is 1.41. The number of nitrogens with one attached hydrogen (secondary N) is 1. The lowest BCUT2D eigenvalue weighted by Crippen LogP contribution is -2.40. The van der Waals surface area contributed by atoms with Gasteiger partial charge >= 0.3 is 5.97 Å². The summed E-state index contributed by atoms with van der Waals surface area (Å²) in [6, 6.07) is 0. The van der Waals surface area contributed by atoms with Gasteiger partial charge in [0.1, 0.15) is 0 Å². The van der Waals surface area contributed by atoms with Gasteiger partial charge in [0.25, 0.3) is 0 Å². The normalized spacial score (nSPS) is 23.4. The van der Waals surface area contributed by atoms with Crippen LogP contribution in [0.2, 0.25) is 0 Å². The Kier molecular flexibility index (Phi) is 5.55. The molecule has 0 aromatic rings. The van der Waals surface area contributed by atoms with Crippen molar-refractivity contribution in [2.24, 2.45) is 11.8 Å². The molecule has 0 aromatic carbocycles. The van der Waals surface area contributed by atoms with Crippen molar-refractivity contribution in [3.63, 3.8) is 0 Å². The molecule has 17 heavy (non-hydrogen) atoms. The number of carboxylic acids is 1. The second kappa shape index (κ2) is 6.95. The Morgan fingerprint density at radius 2 is 1.94 bits per heavy atom. The summed E-state index contributed by atoms with van der Waals surface area (Å²) in [4.78, 5) is 22.9. The molecule has 1 saturated carbocycles. The summed E-state index contributed by atoms with van der Waals surface area (Å²) in [7, 11) is 0. The topological polar surface area (TPSA) is 66.4 Å². The molecule has 2 unspecified atom stereocenters. The summed E-state index contributed by atoms with van der Waals surface area (Å²) in [5, 5.41) is 11.8. The van der Waals surface area contributed by atoms with Gasteiger partial charge in [-0.2, -0.15) is 0 Å². The molecule has 1 aliphatic carbocycles. The molecule has 4 nitrogen and oxygen atoms in total. The van der Waals surface area contributed by atoms with Crippen LogP contribution in [0.25, 0.3) is 0 Å². The standard InChI is InChI=1S/C13H19NO3/c1-2-3-6-9-14-12(15)10-7-4-5-8-11(10)13(16)17/h10-11H,4-9H2,1H3,(H,14,15)(H,16,17). The van der Waals surface area contributed by atoms with Crippen molar-refractivity contribution in [2.45, 2.75) is 39.0 Å². The second-order valence-electron chi connectivity index (χ2n) is 4.30. The molecule has 2 N–H and O–H groups in total. The summed E-state index contributed by atoms with van der Waals surface area (Å²) < 4.78 is 0. The Bertz CT molecular complexity index is 340. The van der Waals surface area contributed by atoms with Gasteiger partial charge in [-0.3, -0.25) is 9.59 Å². The van der Waals surface area contributed by atoms with E-state index in [9.17, 15) is 9.59 Å². The quantitative estimate of drug-likeness (QED) is 0.574. The monoisotopic (exact) mass is 237 g/mol. The van der Waals surface area contributed by atoms with E-state index in [1.165, 1.54) is 0 Å². The van der Waals surface area contributed by atoms with E-state index in [2.05, 4.69) is 17.2 Å². The van der Waals surface area contributed by atoms with Crippen LogP contribution in [0.3, 0.4) is 0 Å². The predicted molar refractivity (Wildman–Crippen MR) is 64.2 cm³/mol. The van der Waals surface area contributed by atoms with E-state index in [0.717, 1.165) is 12.8 Å². The maximum atomic E-state index is 11.9. The summed E-state index contributed by atoms with van der Waals surface area (Å²) >= 11 is 0. The van der Waals surface area contributed by atoms with Crippen LogP contribution in [-0.2, 0) is 9.59 Å². The first-order valence-corrected chi connectivity index (χ1v) is 6.07. The van der Waals surface area contributed by atoms with Crippen LogP contribution in [0, 0.1) is 23.7 Å². The highest BCUT2D eigenvalue weighted by Gasteiger charge is 2.35. The van der Waals surface area contributed by atoms with Crippen molar-refractivity contribution in [3.05, 3.63) is 0 Å². The summed E-state index contributed by atoms with van der Waals surface area (Å²) in [5.41, 5.74) is 0. The van der Waals surface area contributed by atoms with Gasteiger partial charge in [-0.15, -0.1) is 11.8 Å². The van der Waals surface area contributed by atoms with Gasteiger partial charge in [0.15, 0.2) is 0 Å². The Morgan fingerprint density at radius 1 is 1.29 bits per heavy atom. The fourth-order valence-electron chi connectivity index (χ4n) is 2.24. The number of carboxylic acid groups (broad SMARTS) is 1. The van der Waals surface area contributed by atoms with Gasteiger partial charge < -0.3 is 10.4 Å². The molecule has 1 fully saturated rings. The average Bonchev–Trinajstić information content (AvgIpc) is 2.34. The van der Waals surface area contributed by atoms with Gasteiger partial charge in [-0.25, -0.2) is 0 Å². The fourth-order valence-corrected chi connectivity index (χ4v) is 2.24. The molecule has 1 amide bonds. The highest BCUT2D eigenvalue weighted by Crippen LogP contribution is 2.30. The molecular weight excluding hydrogens is 218 g/mol. The third-order valence-electron chi connectivity index (χ3n) is 3.15. The van der Waals surface area contributed by atoms with Gasteiger partial charge in [-0.1, -0.05) is 12.8 Å². The molecule has 0 aromatic heterocycles. The van der Waals surface area contributed by atoms with Crippen molar-refractivity contribution in [3.8, 4) is 11.8 Å². The molecule has 0 aliphatic heterocycles. The maximum absolute atomic E-state index is 11.9. The Labute approximate surface area is 102 Å². The lowest BCUT2D eigenvalue weighted by molar-refractivity contribution is -0.148. The van der Waals surface area contributed by atoms with Crippen molar-refractivity contribution in [2.75, 3.05) is 6.54 Å². The lowest BCUT2D eigenvalue weighted by atomic mass is 9.79. The number of hydrogen-bond acceptors (Lipinski definition) is 2. The molecule has 4 heteroatoms. The largest absolute Gasteiger partial charge is 0.481 e.